The van der Waals surface area contributed by atoms with Crippen LogP contribution in [0.1, 0.15) is 24.8 Å². The Morgan fingerprint density at radius 1 is 0.935 bits per heavy atom. The number of amides is 2. The van der Waals surface area contributed by atoms with Crippen molar-refractivity contribution in [2.75, 3.05) is 35.7 Å². The summed E-state index contributed by atoms with van der Waals surface area (Å²) in [5.41, 5.74) is 4.10. The molecule has 0 atom stereocenters. The number of carbonyl (C=O) groups is 1. The highest BCUT2D eigenvalue weighted by Gasteiger charge is 2.13. The van der Waals surface area contributed by atoms with E-state index in [-0.39, 0.29) is 6.03 Å². The first-order valence-electron chi connectivity index (χ1n) is 10.5. The van der Waals surface area contributed by atoms with Crippen LogP contribution in [0.25, 0.3) is 11.3 Å². The van der Waals surface area contributed by atoms with Crippen molar-refractivity contribution in [3.8, 4) is 17.0 Å². The van der Waals surface area contributed by atoms with E-state index < -0.39 is 0 Å². The zero-order valence-corrected chi connectivity index (χ0v) is 17.9. The molecule has 7 nitrogen and oxygen atoms in total. The Bertz CT molecular complexity index is 1030. The van der Waals surface area contributed by atoms with Crippen LogP contribution in [0.5, 0.6) is 5.75 Å². The predicted molar refractivity (Wildman–Crippen MR) is 124 cm³/mol. The molecular formula is C24H27N5O2. The molecule has 2 N–H and O–H groups in total. The number of urea groups is 1. The highest BCUT2D eigenvalue weighted by molar-refractivity contribution is 6.00. The van der Waals surface area contributed by atoms with E-state index in [9.17, 15) is 4.79 Å². The van der Waals surface area contributed by atoms with Crippen LogP contribution < -0.4 is 20.3 Å². The van der Waals surface area contributed by atoms with E-state index in [1.807, 2.05) is 61.5 Å². The summed E-state index contributed by atoms with van der Waals surface area (Å²) in [7, 11) is 1.58. The first kappa shape index (κ1) is 20.7. The second kappa shape index (κ2) is 9.47. The fraction of sp³-hybridized carbons (Fsp3) is 0.292. The zero-order valence-electron chi connectivity index (χ0n) is 17.9. The van der Waals surface area contributed by atoms with Crippen molar-refractivity contribution >= 4 is 23.2 Å². The van der Waals surface area contributed by atoms with Gasteiger partial charge in [0.05, 0.1) is 18.5 Å². The number of carbonyl (C=O) groups excluding carboxylic acids is 1. The zero-order chi connectivity index (χ0) is 21.6. The van der Waals surface area contributed by atoms with Gasteiger partial charge in [-0.2, -0.15) is 0 Å². The normalized spacial score (nSPS) is 13.5. The quantitative estimate of drug-likeness (QED) is 0.604. The number of hydrogen-bond acceptors (Lipinski definition) is 5. The summed E-state index contributed by atoms with van der Waals surface area (Å²) in [6.45, 7) is 4.05. The number of nitrogens with one attached hydrogen (secondary N) is 2. The van der Waals surface area contributed by atoms with Gasteiger partial charge in [-0.25, -0.2) is 4.79 Å². The lowest BCUT2D eigenvalue weighted by Crippen LogP contribution is -2.30. The minimum atomic E-state index is -0.331. The summed E-state index contributed by atoms with van der Waals surface area (Å²) in [5.74, 6) is 1.55. The van der Waals surface area contributed by atoms with E-state index >= 15 is 0 Å². The van der Waals surface area contributed by atoms with Gasteiger partial charge in [0.2, 0.25) is 0 Å². The number of aromatic nitrogens is 2. The molecule has 1 aliphatic rings. The summed E-state index contributed by atoms with van der Waals surface area (Å²) in [4.78, 5) is 14.7. The molecule has 7 heteroatoms. The van der Waals surface area contributed by atoms with Crippen LogP contribution in [0, 0.1) is 6.92 Å². The fourth-order valence-electron chi connectivity index (χ4n) is 3.70. The number of methoxy groups -OCH3 is 1. The van der Waals surface area contributed by atoms with Gasteiger partial charge in [-0.3, -0.25) is 0 Å². The Hall–Kier alpha value is -3.61. The molecule has 2 amide bonds. The molecule has 31 heavy (non-hydrogen) atoms. The van der Waals surface area contributed by atoms with Gasteiger partial charge in [0.25, 0.3) is 0 Å². The van der Waals surface area contributed by atoms with E-state index in [0.29, 0.717) is 17.1 Å². The van der Waals surface area contributed by atoms with Crippen molar-refractivity contribution < 1.29 is 9.53 Å². The SMILES string of the molecule is COc1ccc(C)cc1NC(=O)Nc1ccc(-c2ccc(N3CCCCC3)nn2)cc1. The third kappa shape index (κ3) is 5.12. The molecule has 1 aromatic heterocycles. The van der Waals surface area contributed by atoms with Crippen molar-refractivity contribution in [1.29, 1.82) is 0 Å². The van der Waals surface area contributed by atoms with Gasteiger partial charge in [-0.15, -0.1) is 10.2 Å². The lowest BCUT2D eigenvalue weighted by molar-refractivity contribution is 0.262. The Morgan fingerprint density at radius 2 is 1.71 bits per heavy atom. The molecule has 1 fully saturated rings. The number of benzene rings is 2. The average Bonchev–Trinajstić information content (AvgIpc) is 2.80. The largest absolute Gasteiger partial charge is 0.495 e. The van der Waals surface area contributed by atoms with E-state index in [2.05, 4.69) is 25.7 Å². The van der Waals surface area contributed by atoms with Crippen LogP contribution in [-0.4, -0.2) is 36.4 Å². The summed E-state index contributed by atoms with van der Waals surface area (Å²) in [6, 6.07) is 16.9. The molecule has 0 aliphatic carbocycles. The molecule has 0 saturated carbocycles. The maximum atomic E-state index is 12.4. The van der Waals surface area contributed by atoms with Crippen LogP contribution in [-0.2, 0) is 0 Å². The topological polar surface area (TPSA) is 79.4 Å². The summed E-state index contributed by atoms with van der Waals surface area (Å²) < 4.78 is 5.30. The van der Waals surface area contributed by atoms with Gasteiger partial charge in [0, 0.05) is 24.3 Å². The number of piperidine rings is 1. The monoisotopic (exact) mass is 417 g/mol. The van der Waals surface area contributed by atoms with Crippen molar-refractivity contribution in [1.82, 2.24) is 10.2 Å². The second-order valence-corrected chi connectivity index (χ2v) is 7.68. The van der Waals surface area contributed by atoms with Gasteiger partial charge in [-0.1, -0.05) is 18.2 Å². The number of aryl methyl sites for hydroxylation is 1. The third-order valence-corrected chi connectivity index (χ3v) is 5.37. The summed E-state index contributed by atoms with van der Waals surface area (Å²) >= 11 is 0. The van der Waals surface area contributed by atoms with Crippen LogP contribution >= 0.6 is 0 Å². The van der Waals surface area contributed by atoms with Crippen LogP contribution in [0.2, 0.25) is 0 Å². The van der Waals surface area contributed by atoms with Gasteiger partial charge in [0.15, 0.2) is 5.82 Å². The van der Waals surface area contributed by atoms with Crippen molar-refractivity contribution in [3.05, 3.63) is 60.2 Å². The Labute approximate surface area is 182 Å². The molecule has 4 rings (SSSR count). The smallest absolute Gasteiger partial charge is 0.323 e. The van der Waals surface area contributed by atoms with Crippen molar-refractivity contribution in [3.63, 3.8) is 0 Å². The molecule has 1 saturated heterocycles. The number of rotatable bonds is 5. The average molecular weight is 418 g/mol. The Morgan fingerprint density at radius 3 is 2.39 bits per heavy atom. The molecule has 0 unspecified atom stereocenters. The standard InChI is InChI=1S/C24H27N5O2/c1-17-6-12-22(31-2)21(16-17)26-24(30)25-19-9-7-18(8-10-19)20-11-13-23(28-27-20)29-14-4-3-5-15-29/h6-13,16H,3-5,14-15H2,1-2H3,(H2,25,26,30). The van der Waals surface area contributed by atoms with Gasteiger partial charge < -0.3 is 20.3 Å². The molecule has 2 aromatic carbocycles. The van der Waals surface area contributed by atoms with E-state index in [0.717, 1.165) is 35.7 Å². The highest BCUT2D eigenvalue weighted by atomic mass is 16.5. The number of hydrogen-bond donors (Lipinski definition) is 2. The number of anilines is 3. The third-order valence-electron chi connectivity index (χ3n) is 5.37. The maximum Gasteiger partial charge on any atom is 0.323 e. The maximum absolute atomic E-state index is 12.4. The minimum absolute atomic E-state index is 0.331. The lowest BCUT2D eigenvalue weighted by Gasteiger charge is -2.27. The summed E-state index contributed by atoms with van der Waals surface area (Å²) in [5, 5.41) is 14.5. The minimum Gasteiger partial charge on any atom is -0.495 e. The van der Waals surface area contributed by atoms with Gasteiger partial charge >= 0.3 is 6.03 Å². The lowest BCUT2D eigenvalue weighted by atomic mass is 10.1. The van der Waals surface area contributed by atoms with Crippen LogP contribution in [0.3, 0.4) is 0 Å². The van der Waals surface area contributed by atoms with Crippen LogP contribution in [0.4, 0.5) is 22.0 Å². The fourth-order valence-corrected chi connectivity index (χ4v) is 3.70. The Kier molecular flexibility index (Phi) is 6.31. The molecule has 160 valence electrons. The summed E-state index contributed by atoms with van der Waals surface area (Å²) in [6.07, 6.45) is 3.71. The molecule has 0 bridgehead atoms. The van der Waals surface area contributed by atoms with Crippen LogP contribution in [0.15, 0.2) is 54.6 Å². The molecule has 2 heterocycles. The predicted octanol–water partition coefficient (Wildman–Crippen LogP) is 5.09. The first-order chi connectivity index (χ1) is 15.1. The molecule has 0 spiro atoms. The molecule has 1 aliphatic heterocycles. The molecule has 3 aromatic rings. The van der Waals surface area contributed by atoms with Crippen molar-refractivity contribution in [2.24, 2.45) is 0 Å². The number of ether oxygens (including phenoxy) is 1. The van der Waals surface area contributed by atoms with Crippen molar-refractivity contribution in [2.45, 2.75) is 26.2 Å². The number of nitrogens with zero attached hydrogens (tertiary/aromatic N) is 3. The van der Waals surface area contributed by atoms with E-state index in [1.54, 1.807) is 7.11 Å². The highest BCUT2D eigenvalue weighted by Crippen LogP contribution is 2.26. The van der Waals surface area contributed by atoms with E-state index in [4.69, 9.17) is 4.74 Å². The second-order valence-electron chi connectivity index (χ2n) is 7.68. The molecular weight excluding hydrogens is 390 g/mol. The Balaban J connectivity index is 1.39. The van der Waals surface area contributed by atoms with Gasteiger partial charge in [-0.05, 0) is 68.1 Å². The molecule has 0 radical (unpaired) electrons. The van der Waals surface area contributed by atoms with Gasteiger partial charge in [0.1, 0.15) is 5.75 Å². The first-order valence-corrected chi connectivity index (χ1v) is 10.5. The van der Waals surface area contributed by atoms with E-state index in [1.165, 1.54) is 19.3 Å².